The standard InChI is InChI=1S/C21H21NO4/c1-20(2)17(21(20,22)19(24)25)18(23)26-11-16-14-9-5-3-7-12(14)13-8-4-6-10-15(13)16/h3-10,16-17H,11,22H2,1-2H3,(H,24,25)/t17?,21-/m1/s1. The van der Waals surface area contributed by atoms with Gasteiger partial charge in [0.2, 0.25) is 0 Å². The van der Waals surface area contributed by atoms with E-state index in [9.17, 15) is 14.7 Å². The highest BCUT2D eigenvalue weighted by atomic mass is 16.5. The van der Waals surface area contributed by atoms with Gasteiger partial charge in [-0.15, -0.1) is 0 Å². The first-order valence-corrected chi connectivity index (χ1v) is 8.67. The maximum absolute atomic E-state index is 12.6. The number of hydrogen-bond donors (Lipinski definition) is 2. The molecule has 2 aliphatic rings. The van der Waals surface area contributed by atoms with E-state index in [0.29, 0.717) is 0 Å². The predicted octanol–water partition coefficient (Wildman–Crippen LogP) is 2.78. The molecule has 2 atom stereocenters. The van der Waals surface area contributed by atoms with Crippen molar-refractivity contribution in [1.29, 1.82) is 0 Å². The minimum Gasteiger partial charge on any atom is -0.480 e. The molecule has 0 amide bonds. The average molecular weight is 351 g/mol. The Kier molecular flexibility index (Phi) is 3.50. The summed E-state index contributed by atoms with van der Waals surface area (Å²) in [6.07, 6.45) is 0. The van der Waals surface area contributed by atoms with Crippen LogP contribution in [0, 0.1) is 11.3 Å². The third-order valence-electron chi connectivity index (χ3n) is 6.10. The lowest BCUT2D eigenvalue weighted by molar-refractivity contribution is -0.149. The SMILES string of the molecule is CC1(C)C(C(=O)OCC2c3ccccc3-c3ccccc32)[C@@]1(N)C(=O)O. The summed E-state index contributed by atoms with van der Waals surface area (Å²) in [6.45, 7) is 3.55. The van der Waals surface area contributed by atoms with Crippen LogP contribution < -0.4 is 5.73 Å². The number of benzene rings is 2. The number of aliphatic carboxylic acids is 1. The van der Waals surface area contributed by atoms with Crippen LogP contribution in [-0.4, -0.2) is 29.2 Å². The van der Waals surface area contributed by atoms with Crippen LogP contribution in [0.4, 0.5) is 0 Å². The van der Waals surface area contributed by atoms with E-state index in [1.54, 1.807) is 13.8 Å². The monoisotopic (exact) mass is 351 g/mol. The minimum absolute atomic E-state index is 0.0507. The van der Waals surface area contributed by atoms with Crippen LogP contribution in [0.15, 0.2) is 48.5 Å². The van der Waals surface area contributed by atoms with Gasteiger partial charge in [-0.2, -0.15) is 0 Å². The first-order chi connectivity index (χ1) is 12.3. The third kappa shape index (κ3) is 2.07. The van der Waals surface area contributed by atoms with Crippen LogP contribution in [0.3, 0.4) is 0 Å². The number of esters is 1. The van der Waals surface area contributed by atoms with Crippen LogP contribution in [0.25, 0.3) is 11.1 Å². The molecule has 2 aromatic rings. The fourth-order valence-electron chi connectivity index (χ4n) is 4.36. The van der Waals surface area contributed by atoms with E-state index in [0.717, 1.165) is 22.3 Å². The van der Waals surface area contributed by atoms with Crippen LogP contribution in [0.5, 0.6) is 0 Å². The van der Waals surface area contributed by atoms with Gasteiger partial charge in [-0.3, -0.25) is 9.59 Å². The largest absolute Gasteiger partial charge is 0.480 e. The van der Waals surface area contributed by atoms with Gasteiger partial charge in [0.25, 0.3) is 0 Å². The van der Waals surface area contributed by atoms with Crippen molar-refractivity contribution in [2.75, 3.05) is 6.61 Å². The molecule has 26 heavy (non-hydrogen) atoms. The van der Waals surface area contributed by atoms with Gasteiger partial charge in [0.15, 0.2) is 0 Å². The lowest BCUT2D eigenvalue weighted by Crippen LogP contribution is -2.40. The molecule has 4 rings (SSSR count). The van der Waals surface area contributed by atoms with E-state index in [2.05, 4.69) is 12.1 Å². The van der Waals surface area contributed by atoms with E-state index in [1.165, 1.54) is 0 Å². The fourth-order valence-corrected chi connectivity index (χ4v) is 4.36. The molecule has 0 aromatic heterocycles. The summed E-state index contributed by atoms with van der Waals surface area (Å²) in [5, 5.41) is 9.37. The van der Waals surface area contributed by atoms with Gasteiger partial charge in [0.05, 0.1) is 5.92 Å². The molecule has 1 unspecified atom stereocenters. The second kappa shape index (κ2) is 5.42. The Balaban J connectivity index is 1.56. The zero-order chi connectivity index (χ0) is 18.7. The minimum atomic E-state index is -1.56. The molecular formula is C21H21NO4. The molecule has 1 fully saturated rings. The fraction of sp³-hybridized carbons (Fsp3) is 0.333. The Labute approximate surface area is 151 Å². The van der Waals surface area contributed by atoms with Gasteiger partial charge in [-0.25, -0.2) is 0 Å². The smallest absolute Gasteiger partial charge is 0.325 e. The molecule has 3 N–H and O–H groups in total. The molecular weight excluding hydrogens is 330 g/mol. The number of carboxylic acids is 1. The zero-order valence-electron chi connectivity index (χ0n) is 14.7. The van der Waals surface area contributed by atoms with Crippen molar-refractivity contribution < 1.29 is 19.4 Å². The highest BCUT2D eigenvalue weighted by Crippen LogP contribution is 2.60. The van der Waals surface area contributed by atoms with Crippen LogP contribution in [0.1, 0.15) is 30.9 Å². The first-order valence-electron chi connectivity index (χ1n) is 8.67. The van der Waals surface area contributed by atoms with Gasteiger partial charge in [0.1, 0.15) is 12.1 Å². The Hall–Kier alpha value is -2.66. The molecule has 5 heteroatoms. The molecule has 5 nitrogen and oxygen atoms in total. The van der Waals surface area contributed by atoms with Crippen molar-refractivity contribution in [2.45, 2.75) is 25.3 Å². The number of carbonyl (C=O) groups is 2. The number of ether oxygens (including phenoxy) is 1. The average Bonchev–Trinajstić information content (AvgIpc) is 2.94. The summed E-state index contributed by atoms with van der Waals surface area (Å²) >= 11 is 0. The van der Waals surface area contributed by atoms with E-state index >= 15 is 0 Å². The van der Waals surface area contributed by atoms with E-state index in [4.69, 9.17) is 10.5 Å². The van der Waals surface area contributed by atoms with Crippen molar-refractivity contribution in [3.8, 4) is 11.1 Å². The summed E-state index contributed by atoms with van der Waals surface area (Å²) in [7, 11) is 0. The molecule has 0 spiro atoms. The lowest BCUT2D eigenvalue weighted by Gasteiger charge is -2.14. The number of carboxylic acid groups (broad SMARTS) is 1. The normalized spacial score (nSPS) is 25.3. The highest BCUT2D eigenvalue weighted by Gasteiger charge is 2.78. The molecule has 2 aliphatic carbocycles. The summed E-state index contributed by atoms with van der Waals surface area (Å²) < 4.78 is 5.56. The molecule has 1 saturated carbocycles. The quantitative estimate of drug-likeness (QED) is 0.827. The third-order valence-corrected chi connectivity index (χ3v) is 6.10. The maximum Gasteiger partial charge on any atom is 0.325 e. The zero-order valence-corrected chi connectivity index (χ0v) is 14.7. The van der Waals surface area contributed by atoms with Crippen molar-refractivity contribution in [2.24, 2.45) is 17.1 Å². The summed E-state index contributed by atoms with van der Waals surface area (Å²) in [5.41, 5.74) is 8.10. The van der Waals surface area contributed by atoms with Crippen molar-refractivity contribution in [1.82, 2.24) is 0 Å². The summed E-state index contributed by atoms with van der Waals surface area (Å²) in [4.78, 5) is 24.0. The number of fused-ring (bicyclic) bond motifs is 3. The first kappa shape index (κ1) is 16.8. The number of hydrogen-bond acceptors (Lipinski definition) is 4. The molecule has 0 heterocycles. The lowest BCUT2D eigenvalue weighted by atomic mass is 9.98. The Morgan fingerprint density at radius 3 is 2.00 bits per heavy atom. The maximum atomic E-state index is 12.6. The number of nitrogens with two attached hydrogens (primary N) is 1. The second-order valence-electron chi connectivity index (χ2n) is 7.69. The summed E-state index contributed by atoms with van der Waals surface area (Å²) in [5.74, 6) is -2.59. The van der Waals surface area contributed by atoms with Crippen LogP contribution >= 0.6 is 0 Å². The van der Waals surface area contributed by atoms with Gasteiger partial charge < -0.3 is 15.6 Å². The predicted molar refractivity (Wildman–Crippen MR) is 96.5 cm³/mol. The molecule has 134 valence electrons. The second-order valence-corrected chi connectivity index (χ2v) is 7.69. The van der Waals surface area contributed by atoms with E-state index in [1.807, 2.05) is 36.4 Å². The Morgan fingerprint density at radius 1 is 1.04 bits per heavy atom. The van der Waals surface area contributed by atoms with Crippen molar-refractivity contribution in [3.05, 3.63) is 59.7 Å². The van der Waals surface area contributed by atoms with Crippen LogP contribution in [-0.2, 0) is 14.3 Å². The van der Waals surface area contributed by atoms with E-state index < -0.39 is 28.8 Å². The Bertz CT molecular complexity index is 874. The van der Waals surface area contributed by atoms with Gasteiger partial charge in [-0.1, -0.05) is 62.4 Å². The molecule has 0 radical (unpaired) electrons. The van der Waals surface area contributed by atoms with E-state index in [-0.39, 0.29) is 12.5 Å². The highest BCUT2D eigenvalue weighted by molar-refractivity contribution is 5.96. The molecule has 0 bridgehead atoms. The summed E-state index contributed by atoms with van der Waals surface area (Å²) in [6, 6.07) is 16.1. The van der Waals surface area contributed by atoms with Gasteiger partial charge >= 0.3 is 11.9 Å². The molecule has 0 saturated heterocycles. The molecule has 0 aliphatic heterocycles. The van der Waals surface area contributed by atoms with Gasteiger partial charge in [0, 0.05) is 11.3 Å². The van der Waals surface area contributed by atoms with Gasteiger partial charge in [-0.05, 0) is 22.3 Å². The number of rotatable bonds is 4. The topological polar surface area (TPSA) is 89.6 Å². The number of carbonyl (C=O) groups excluding carboxylic acids is 1. The molecule has 2 aromatic carbocycles. The van der Waals surface area contributed by atoms with Crippen LogP contribution in [0.2, 0.25) is 0 Å². The Morgan fingerprint density at radius 2 is 1.54 bits per heavy atom. The van der Waals surface area contributed by atoms with Crippen molar-refractivity contribution >= 4 is 11.9 Å². The van der Waals surface area contributed by atoms with Crippen molar-refractivity contribution in [3.63, 3.8) is 0 Å².